The number of rotatable bonds is 5. The third-order valence-corrected chi connectivity index (χ3v) is 3.25. The summed E-state index contributed by atoms with van der Waals surface area (Å²) in [4.78, 5) is 2.13. The fourth-order valence-electron chi connectivity index (χ4n) is 1.91. The molecule has 0 fully saturated rings. The van der Waals surface area contributed by atoms with Crippen molar-refractivity contribution in [2.75, 3.05) is 11.9 Å². The van der Waals surface area contributed by atoms with Gasteiger partial charge in [-0.05, 0) is 38.8 Å². The van der Waals surface area contributed by atoms with Crippen LogP contribution in [0.15, 0.2) is 18.2 Å². The summed E-state index contributed by atoms with van der Waals surface area (Å²) in [7, 11) is 2.01. The van der Waals surface area contributed by atoms with Gasteiger partial charge in [0.2, 0.25) is 0 Å². The van der Waals surface area contributed by atoms with E-state index in [0.717, 1.165) is 17.7 Å². The SMILES string of the molecule is CCC(C)N(C)c1cccc(F)c1CC(C)N. The van der Waals surface area contributed by atoms with Gasteiger partial charge in [0, 0.05) is 30.4 Å². The van der Waals surface area contributed by atoms with Crippen LogP contribution in [0.3, 0.4) is 0 Å². The van der Waals surface area contributed by atoms with Crippen molar-refractivity contribution < 1.29 is 4.39 Å². The highest BCUT2D eigenvalue weighted by Gasteiger charge is 2.16. The van der Waals surface area contributed by atoms with Crippen LogP contribution in [0.5, 0.6) is 0 Å². The number of nitrogens with zero attached hydrogens (tertiary/aromatic N) is 1. The number of hydrogen-bond acceptors (Lipinski definition) is 2. The summed E-state index contributed by atoms with van der Waals surface area (Å²) in [5.74, 6) is -0.157. The van der Waals surface area contributed by atoms with E-state index >= 15 is 0 Å². The van der Waals surface area contributed by atoms with Gasteiger partial charge in [-0.15, -0.1) is 0 Å². The highest BCUT2D eigenvalue weighted by Crippen LogP contribution is 2.25. The van der Waals surface area contributed by atoms with E-state index in [9.17, 15) is 4.39 Å². The zero-order valence-electron chi connectivity index (χ0n) is 11.2. The molecule has 2 nitrogen and oxygen atoms in total. The van der Waals surface area contributed by atoms with Crippen LogP contribution in [0, 0.1) is 5.82 Å². The van der Waals surface area contributed by atoms with E-state index in [2.05, 4.69) is 18.7 Å². The molecule has 0 bridgehead atoms. The Balaban J connectivity index is 3.09. The quantitative estimate of drug-likeness (QED) is 0.854. The fraction of sp³-hybridized carbons (Fsp3) is 0.571. The smallest absolute Gasteiger partial charge is 0.128 e. The Morgan fingerprint density at radius 1 is 1.35 bits per heavy atom. The molecule has 0 radical (unpaired) electrons. The van der Waals surface area contributed by atoms with Gasteiger partial charge in [-0.1, -0.05) is 13.0 Å². The first-order valence-corrected chi connectivity index (χ1v) is 6.23. The van der Waals surface area contributed by atoms with Crippen LogP contribution < -0.4 is 10.6 Å². The van der Waals surface area contributed by atoms with Gasteiger partial charge >= 0.3 is 0 Å². The van der Waals surface area contributed by atoms with Gasteiger partial charge in [0.1, 0.15) is 5.82 Å². The molecular weight excluding hydrogens is 215 g/mol. The lowest BCUT2D eigenvalue weighted by Gasteiger charge is -2.29. The topological polar surface area (TPSA) is 29.3 Å². The Labute approximate surface area is 104 Å². The molecule has 0 aliphatic rings. The minimum Gasteiger partial charge on any atom is -0.372 e. The molecule has 2 atom stereocenters. The van der Waals surface area contributed by atoms with Gasteiger partial charge in [-0.2, -0.15) is 0 Å². The number of hydrogen-bond donors (Lipinski definition) is 1. The van der Waals surface area contributed by atoms with Gasteiger partial charge in [0.05, 0.1) is 0 Å². The molecule has 17 heavy (non-hydrogen) atoms. The first kappa shape index (κ1) is 14.0. The Kier molecular flexibility index (Phi) is 4.94. The van der Waals surface area contributed by atoms with Gasteiger partial charge in [0.25, 0.3) is 0 Å². The summed E-state index contributed by atoms with van der Waals surface area (Å²) in [6.07, 6.45) is 1.60. The summed E-state index contributed by atoms with van der Waals surface area (Å²) in [5, 5.41) is 0. The van der Waals surface area contributed by atoms with E-state index in [1.807, 2.05) is 20.0 Å². The molecule has 0 saturated heterocycles. The lowest BCUT2D eigenvalue weighted by atomic mass is 10.0. The maximum Gasteiger partial charge on any atom is 0.128 e. The van der Waals surface area contributed by atoms with E-state index in [-0.39, 0.29) is 11.9 Å². The van der Waals surface area contributed by atoms with Crippen molar-refractivity contribution in [1.82, 2.24) is 0 Å². The van der Waals surface area contributed by atoms with Crippen LogP contribution in [0.2, 0.25) is 0 Å². The number of benzene rings is 1. The van der Waals surface area contributed by atoms with Crippen molar-refractivity contribution in [3.63, 3.8) is 0 Å². The standard InChI is InChI=1S/C14H23FN2/c1-5-11(3)17(4)14-8-6-7-13(15)12(14)9-10(2)16/h6-8,10-11H,5,9,16H2,1-4H3. The second kappa shape index (κ2) is 6.01. The van der Waals surface area contributed by atoms with Gasteiger partial charge < -0.3 is 10.6 Å². The van der Waals surface area contributed by atoms with E-state index in [1.165, 1.54) is 6.07 Å². The average Bonchev–Trinajstić information content (AvgIpc) is 2.29. The van der Waals surface area contributed by atoms with Crippen molar-refractivity contribution >= 4 is 5.69 Å². The van der Waals surface area contributed by atoms with Gasteiger partial charge in [-0.25, -0.2) is 4.39 Å². The van der Waals surface area contributed by atoms with Crippen LogP contribution in [0.25, 0.3) is 0 Å². The normalized spacial score (nSPS) is 14.5. The first-order chi connectivity index (χ1) is 7.97. The lowest BCUT2D eigenvalue weighted by Crippen LogP contribution is -2.30. The molecule has 0 saturated carbocycles. The van der Waals surface area contributed by atoms with Crippen LogP contribution >= 0.6 is 0 Å². The highest BCUT2D eigenvalue weighted by molar-refractivity contribution is 5.54. The average molecular weight is 238 g/mol. The maximum atomic E-state index is 13.9. The number of anilines is 1. The van der Waals surface area contributed by atoms with Crippen LogP contribution in [-0.4, -0.2) is 19.1 Å². The summed E-state index contributed by atoms with van der Waals surface area (Å²) in [6, 6.07) is 5.59. The predicted molar refractivity (Wildman–Crippen MR) is 71.9 cm³/mol. The molecule has 0 amide bonds. The summed E-state index contributed by atoms with van der Waals surface area (Å²) in [5.41, 5.74) is 7.47. The number of halogens is 1. The fourth-order valence-corrected chi connectivity index (χ4v) is 1.91. The molecule has 0 aliphatic heterocycles. The largest absolute Gasteiger partial charge is 0.372 e. The summed E-state index contributed by atoms with van der Waals surface area (Å²) >= 11 is 0. The van der Waals surface area contributed by atoms with Crippen LogP contribution in [-0.2, 0) is 6.42 Å². The lowest BCUT2D eigenvalue weighted by molar-refractivity contribution is 0.589. The molecule has 2 unspecified atom stereocenters. The maximum absolute atomic E-state index is 13.9. The Morgan fingerprint density at radius 2 is 2.00 bits per heavy atom. The van der Waals surface area contributed by atoms with Crippen LogP contribution in [0.1, 0.15) is 32.8 Å². The molecule has 1 aromatic rings. The minimum atomic E-state index is -0.157. The van der Waals surface area contributed by atoms with E-state index < -0.39 is 0 Å². The first-order valence-electron chi connectivity index (χ1n) is 6.23. The number of nitrogens with two attached hydrogens (primary N) is 1. The zero-order valence-corrected chi connectivity index (χ0v) is 11.2. The molecular formula is C14H23FN2. The summed E-state index contributed by atoms with van der Waals surface area (Å²) in [6.45, 7) is 6.17. The second-order valence-corrected chi connectivity index (χ2v) is 4.79. The Hall–Kier alpha value is -1.09. The third kappa shape index (κ3) is 3.43. The van der Waals surface area contributed by atoms with E-state index in [1.54, 1.807) is 6.07 Å². The van der Waals surface area contributed by atoms with Crippen LogP contribution in [0.4, 0.5) is 10.1 Å². The van der Waals surface area contributed by atoms with Crippen molar-refractivity contribution in [3.05, 3.63) is 29.6 Å². The minimum absolute atomic E-state index is 0.0315. The Bertz CT molecular complexity index is 363. The molecule has 0 aliphatic carbocycles. The highest BCUT2D eigenvalue weighted by atomic mass is 19.1. The summed E-state index contributed by atoms with van der Waals surface area (Å²) < 4.78 is 13.9. The molecule has 0 aromatic heterocycles. The Morgan fingerprint density at radius 3 is 2.53 bits per heavy atom. The predicted octanol–water partition coefficient (Wildman–Crippen LogP) is 2.95. The monoisotopic (exact) mass is 238 g/mol. The molecule has 0 spiro atoms. The van der Waals surface area contributed by atoms with Gasteiger partial charge in [0.15, 0.2) is 0 Å². The molecule has 3 heteroatoms. The van der Waals surface area contributed by atoms with Crippen molar-refractivity contribution in [1.29, 1.82) is 0 Å². The van der Waals surface area contributed by atoms with Crippen molar-refractivity contribution in [2.24, 2.45) is 5.73 Å². The molecule has 1 aromatic carbocycles. The molecule has 2 N–H and O–H groups in total. The second-order valence-electron chi connectivity index (χ2n) is 4.79. The molecule has 0 heterocycles. The van der Waals surface area contributed by atoms with Gasteiger partial charge in [-0.3, -0.25) is 0 Å². The van der Waals surface area contributed by atoms with E-state index in [4.69, 9.17) is 5.73 Å². The third-order valence-electron chi connectivity index (χ3n) is 3.25. The molecule has 1 rings (SSSR count). The zero-order chi connectivity index (χ0) is 13.0. The molecule has 96 valence electrons. The van der Waals surface area contributed by atoms with Crippen molar-refractivity contribution in [3.8, 4) is 0 Å². The van der Waals surface area contributed by atoms with E-state index in [0.29, 0.717) is 12.5 Å². The van der Waals surface area contributed by atoms with Crippen molar-refractivity contribution in [2.45, 2.75) is 45.7 Å².